The Morgan fingerprint density at radius 1 is 1.13 bits per heavy atom. The molecule has 7 heteroatoms. The monoisotopic (exact) mass is 320 g/mol. The average molecular weight is 320 g/mol. The minimum atomic E-state index is 0.0405. The third kappa shape index (κ3) is 3.13. The van der Waals surface area contributed by atoms with Crippen molar-refractivity contribution in [3.8, 4) is 0 Å². The smallest absolute Gasteiger partial charge is 0.274 e. The van der Waals surface area contributed by atoms with E-state index in [0.717, 1.165) is 56.9 Å². The molecule has 0 unspecified atom stereocenters. The fourth-order valence-corrected chi connectivity index (χ4v) is 3.72. The number of morpholine rings is 1. The molecule has 1 N–H and O–H groups in total. The van der Waals surface area contributed by atoms with Gasteiger partial charge < -0.3 is 14.4 Å². The summed E-state index contributed by atoms with van der Waals surface area (Å²) in [6.07, 6.45) is 2.28. The number of rotatable bonds is 3. The van der Waals surface area contributed by atoms with E-state index in [4.69, 9.17) is 9.47 Å². The lowest BCUT2D eigenvalue weighted by atomic mass is 10.00. The highest BCUT2D eigenvalue weighted by molar-refractivity contribution is 5.94. The van der Waals surface area contributed by atoms with Gasteiger partial charge in [-0.1, -0.05) is 0 Å². The Morgan fingerprint density at radius 2 is 1.87 bits per heavy atom. The second-order valence-electron chi connectivity index (χ2n) is 6.66. The van der Waals surface area contributed by atoms with Gasteiger partial charge in [0, 0.05) is 51.5 Å². The Labute approximate surface area is 135 Å². The molecule has 0 aliphatic carbocycles. The van der Waals surface area contributed by atoms with Crippen LogP contribution >= 0.6 is 0 Å². The average Bonchev–Trinajstić information content (AvgIpc) is 3.16. The Bertz CT molecular complexity index is 562. The van der Waals surface area contributed by atoms with Crippen LogP contribution in [0.3, 0.4) is 0 Å². The number of ether oxygens (including phenoxy) is 2. The van der Waals surface area contributed by atoms with Gasteiger partial charge in [-0.25, -0.2) is 0 Å². The van der Waals surface area contributed by atoms with Gasteiger partial charge in [0.05, 0.1) is 18.9 Å². The van der Waals surface area contributed by atoms with Crippen LogP contribution in [0.15, 0.2) is 0 Å². The predicted molar refractivity (Wildman–Crippen MR) is 83.0 cm³/mol. The molecule has 126 valence electrons. The van der Waals surface area contributed by atoms with E-state index in [1.54, 1.807) is 0 Å². The fraction of sp³-hybridized carbons (Fsp3) is 0.750. The molecule has 7 nitrogen and oxygen atoms in total. The Kier molecular flexibility index (Phi) is 4.33. The summed E-state index contributed by atoms with van der Waals surface area (Å²) in [7, 11) is 0. The summed E-state index contributed by atoms with van der Waals surface area (Å²) in [5.74, 6) is 0.748. The first kappa shape index (κ1) is 15.1. The molecule has 3 aliphatic heterocycles. The van der Waals surface area contributed by atoms with Gasteiger partial charge in [0.2, 0.25) is 0 Å². The Hall–Kier alpha value is -1.44. The van der Waals surface area contributed by atoms with E-state index in [2.05, 4.69) is 15.1 Å². The summed E-state index contributed by atoms with van der Waals surface area (Å²) in [5.41, 5.74) is 2.80. The lowest BCUT2D eigenvalue weighted by Gasteiger charge is -2.27. The molecule has 0 saturated carbocycles. The SMILES string of the molecule is O=C(c1n[nH]c2c1CN(CC1CCOCC1)C2)N1CCOCC1. The highest BCUT2D eigenvalue weighted by Gasteiger charge is 2.31. The molecule has 2 fully saturated rings. The van der Waals surface area contributed by atoms with Crippen LogP contribution in [0.2, 0.25) is 0 Å². The van der Waals surface area contributed by atoms with Gasteiger partial charge in [-0.2, -0.15) is 5.10 Å². The molecule has 1 aromatic heterocycles. The Balaban J connectivity index is 1.41. The number of aromatic nitrogens is 2. The van der Waals surface area contributed by atoms with Gasteiger partial charge in [0.15, 0.2) is 5.69 Å². The van der Waals surface area contributed by atoms with Crippen molar-refractivity contribution in [2.45, 2.75) is 25.9 Å². The van der Waals surface area contributed by atoms with Gasteiger partial charge in [-0.15, -0.1) is 0 Å². The molecular formula is C16H24N4O3. The second-order valence-corrected chi connectivity index (χ2v) is 6.66. The molecule has 2 saturated heterocycles. The zero-order valence-electron chi connectivity index (χ0n) is 13.4. The van der Waals surface area contributed by atoms with E-state index in [9.17, 15) is 4.79 Å². The molecule has 1 amide bonds. The number of nitrogens with zero attached hydrogens (tertiary/aromatic N) is 3. The standard InChI is InChI=1S/C16H24N4O3/c21-16(20-3-7-23-8-4-20)15-13-10-19(11-14(13)17-18-15)9-12-1-5-22-6-2-12/h12H,1-11H2,(H,17,18). The van der Waals surface area contributed by atoms with Crippen LogP contribution in [0.1, 0.15) is 34.6 Å². The molecular weight excluding hydrogens is 296 g/mol. The fourth-order valence-electron chi connectivity index (χ4n) is 3.72. The summed E-state index contributed by atoms with van der Waals surface area (Å²) in [6, 6.07) is 0. The summed E-state index contributed by atoms with van der Waals surface area (Å²) >= 11 is 0. The number of aromatic amines is 1. The molecule has 23 heavy (non-hydrogen) atoms. The highest BCUT2D eigenvalue weighted by Crippen LogP contribution is 2.27. The van der Waals surface area contributed by atoms with Crippen LogP contribution in [0.4, 0.5) is 0 Å². The lowest BCUT2D eigenvalue weighted by molar-refractivity contribution is 0.0297. The minimum Gasteiger partial charge on any atom is -0.381 e. The molecule has 0 bridgehead atoms. The quantitative estimate of drug-likeness (QED) is 0.884. The summed E-state index contributed by atoms with van der Waals surface area (Å²) in [5, 5.41) is 7.37. The Morgan fingerprint density at radius 3 is 2.65 bits per heavy atom. The third-order valence-corrected chi connectivity index (χ3v) is 5.07. The van der Waals surface area contributed by atoms with Crippen molar-refractivity contribution < 1.29 is 14.3 Å². The van der Waals surface area contributed by atoms with Crippen molar-refractivity contribution in [3.05, 3.63) is 17.0 Å². The van der Waals surface area contributed by atoms with E-state index < -0.39 is 0 Å². The summed E-state index contributed by atoms with van der Waals surface area (Å²) < 4.78 is 10.8. The predicted octanol–water partition coefficient (Wildman–Crippen LogP) is 0.624. The van der Waals surface area contributed by atoms with Crippen molar-refractivity contribution >= 4 is 5.91 Å². The molecule has 0 spiro atoms. The van der Waals surface area contributed by atoms with Crippen molar-refractivity contribution in [3.63, 3.8) is 0 Å². The van der Waals surface area contributed by atoms with Crippen LogP contribution in [-0.4, -0.2) is 72.0 Å². The first-order valence-corrected chi connectivity index (χ1v) is 8.54. The number of nitrogens with one attached hydrogen (secondary N) is 1. The minimum absolute atomic E-state index is 0.0405. The number of hydrogen-bond donors (Lipinski definition) is 1. The highest BCUT2D eigenvalue weighted by atomic mass is 16.5. The van der Waals surface area contributed by atoms with Gasteiger partial charge in [0.25, 0.3) is 5.91 Å². The molecule has 4 rings (SSSR count). The molecule has 0 radical (unpaired) electrons. The van der Waals surface area contributed by atoms with Gasteiger partial charge in [-0.05, 0) is 18.8 Å². The maximum atomic E-state index is 12.7. The van der Waals surface area contributed by atoms with E-state index >= 15 is 0 Å². The lowest BCUT2D eigenvalue weighted by Crippen LogP contribution is -2.41. The first-order chi connectivity index (χ1) is 11.3. The van der Waals surface area contributed by atoms with Crippen LogP contribution in [0.25, 0.3) is 0 Å². The normalized spacial score (nSPS) is 23.2. The molecule has 3 aliphatic rings. The molecule has 1 aromatic rings. The first-order valence-electron chi connectivity index (χ1n) is 8.54. The number of hydrogen-bond acceptors (Lipinski definition) is 5. The largest absolute Gasteiger partial charge is 0.381 e. The van der Waals surface area contributed by atoms with Crippen LogP contribution in [-0.2, 0) is 22.6 Å². The van der Waals surface area contributed by atoms with E-state index in [-0.39, 0.29) is 5.91 Å². The van der Waals surface area contributed by atoms with E-state index in [1.165, 1.54) is 0 Å². The number of amides is 1. The maximum Gasteiger partial charge on any atom is 0.274 e. The molecule has 0 atom stereocenters. The topological polar surface area (TPSA) is 70.7 Å². The van der Waals surface area contributed by atoms with Crippen LogP contribution < -0.4 is 0 Å². The summed E-state index contributed by atoms with van der Waals surface area (Å²) in [4.78, 5) is 16.9. The zero-order valence-corrected chi connectivity index (χ0v) is 13.4. The number of carbonyl (C=O) groups is 1. The number of fused-ring (bicyclic) bond motifs is 1. The van der Waals surface area contributed by atoms with E-state index in [0.29, 0.717) is 37.9 Å². The number of carbonyl (C=O) groups excluding carboxylic acids is 1. The van der Waals surface area contributed by atoms with Crippen molar-refractivity contribution in [1.29, 1.82) is 0 Å². The van der Waals surface area contributed by atoms with Crippen LogP contribution in [0.5, 0.6) is 0 Å². The second kappa shape index (κ2) is 6.59. The van der Waals surface area contributed by atoms with E-state index in [1.807, 2.05) is 4.90 Å². The van der Waals surface area contributed by atoms with Gasteiger partial charge in [-0.3, -0.25) is 14.8 Å². The van der Waals surface area contributed by atoms with Crippen LogP contribution in [0, 0.1) is 5.92 Å². The molecule has 0 aromatic carbocycles. The van der Waals surface area contributed by atoms with Gasteiger partial charge >= 0.3 is 0 Å². The number of H-pyrrole nitrogens is 1. The maximum absolute atomic E-state index is 12.7. The molecule has 4 heterocycles. The zero-order chi connectivity index (χ0) is 15.6. The third-order valence-electron chi connectivity index (χ3n) is 5.07. The van der Waals surface area contributed by atoms with Crippen molar-refractivity contribution in [1.82, 2.24) is 20.0 Å². The summed E-state index contributed by atoms with van der Waals surface area (Å²) in [6.45, 7) is 7.10. The van der Waals surface area contributed by atoms with Gasteiger partial charge in [0.1, 0.15) is 0 Å². The van der Waals surface area contributed by atoms with Crippen molar-refractivity contribution in [2.75, 3.05) is 46.1 Å². The van der Waals surface area contributed by atoms with Crippen molar-refractivity contribution in [2.24, 2.45) is 5.92 Å².